The Kier molecular flexibility index (Phi) is 4.32. The Labute approximate surface area is 59.2 Å². The molecule has 0 N–H and O–H groups in total. The minimum Gasteiger partial charge on any atom is -0.305 e. The Morgan fingerprint density at radius 3 is 2.50 bits per heavy atom. The van der Waals surface area contributed by atoms with E-state index in [1.54, 1.807) is 13.8 Å². The van der Waals surface area contributed by atoms with Crippen molar-refractivity contribution in [3.63, 3.8) is 0 Å². The van der Waals surface area contributed by atoms with Crippen molar-refractivity contribution in [2.45, 2.75) is 20.3 Å². The van der Waals surface area contributed by atoms with E-state index in [-0.39, 0.29) is 6.42 Å². The van der Waals surface area contributed by atoms with Gasteiger partial charge in [-0.15, -0.1) is 0 Å². The van der Waals surface area contributed by atoms with Gasteiger partial charge >= 0.3 is 5.97 Å². The molecule has 0 spiro atoms. The Morgan fingerprint density at radius 2 is 2.10 bits per heavy atom. The lowest BCUT2D eigenvalue weighted by molar-refractivity contribution is -0.468. The predicted octanol–water partition coefficient (Wildman–Crippen LogP) is 1.34. The van der Waals surface area contributed by atoms with Crippen LogP contribution in [0.5, 0.6) is 0 Å². The fraction of sp³-hybridized carbons (Fsp3) is 0.500. The van der Waals surface area contributed by atoms with Crippen molar-refractivity contribution in [2.75, 3.05) is 0 Å². The van der Waals surface area contributed by atoms with Crippen LogP contribution < -0.4 is 0 Å². The minimum atomic E-state index is -0.485. The van der Waals surface area contributed by atoms with Gasteiger partial charge in [0.25, 0.3) is 0 Å². The maximum absolute atomic E-state index is 10.3. The Bertz CT molecular complexity index is 130. The number of carbonyl (C=O) groups is 1. The molecule has 0 aliphatic rings. The van der Waals surface area contributed by atoms with Crippen molar-refractivity contribution in [1.29, 1.82) is 0 Å². The minimum absolute atomic E-state index is 0.250. The van der Waals surface area contributed by atoms with Crippen LogP contribution in [0.2, 0.25) is 0 Å². The van der Waals surface area contributed by atoms with Gasteiger partial charge in [-0.05, 0) is 6.92 Å². The van der Waals surface area contributed by atoms with Crippen molar-refractivity contribution in [1.82, 2.24) is 0 Å². The van der Waals surface area contributed by atoms with E-state index in [2.05, 4.69) is 21.4 Å². The first kappa shape index (κ1) is 8.97. The molecule has 0 bridgehead atoms. The monoisotopic (exact) mass is 146 g/mol. The van der Waals surface area contributed by atoms with Crippen molar-refractivity contribution < 1.29 is 19.6 Å². The van der Waals surface area contributed by atoms with Crippen molar-refractivity contribution in [3.8, 4) is 0 Å². The van der Waals surface area contributed by atoms with Gasteiger partial charge in [0.2, 0.25) is 0 Å². The molecule has 4 heteroatoms. The van der Waals surface area contributed by atoms with Crippen LogP contribution >= 0.6 is 0 Å². The third-order valence-corrected chi connectivity index (χ3v) is 0.592. The molecule has 58 valence electrons. The molecule has 10 heavy (non-hydrogen) atoms. The number of hydrogen-bond acceptors (Lipinski definition) is 4. The van der Waals surface area contributed by atoms with Gasteiger partial charge in [0.1, 0.15) is 5.76 Å². The van der Waals surface area contributed by atoms with Crippen LogP contribution in [0.15, 0.2) is 12.3 Å². The second-order valence-corrected chi connectivity index (χ2v) is 1.66. The molecule has 0 saturated carbocycles. The van der Waals surface area contributed by atoms with E-state index in [9.17, 15) is 4.79 Å². The summed E-state index contributed by atoms with van der Waals surface area (Å²) in [7, 11) is 0. The van der Waals surface area contributed by atoms with Crippen LogP contribution in [0.3, 0.4) is 0 Å². The van der Waals surface area contributed by atoms with Gasteiger partial charge in [-0.1, -0.05) is 13.5 Å². The first-order valence-corrected chi connectivity index (χ1v) is 2.86. The van der Waals surface area contributed by atoms with Gasteiger partial charge in [-0.2, -0.15) is 0 Å². The van der Waals surface area contributed by atoms with E-state index in [1.807, 2.05) is 0 Å². The molecule has 0 unspecified atom stereocenters. The maximum Gasteiger partial charge on any atom is 0.346 e. The van der Waals surface area contributed by atoms with Crippen molar-refractivity contribution in [2.24, 2.45) is 0 Å². The highest BCUT2D eigenvalue weighted by atomic mass is 17.5. The van der Waals surface area contributed by atoms with E-state index in [0.29, 0.717) is 5.76 Å². The molecule has 0 fully saturated rings. The first-order chi connectivity index (χ1) is 4.66. The summed E-state index contributed by atoms with van der Waals surface area (Å²) >= 11 is 0. The largest absolute Gasteiger partial charge is 0.346 e. The molecule has 0 amide bonds. The molecule has 0 aromatic rings. The molecule has 0 heterocycles. The highest BCUT2D eigenvalue weighted by molar-refractivity contribution is 5.68. The lowest BCUT2D eigenvalue weighted by Crippen LogP contribution is -2.03. The number of carbonyl (C=O) groups excluding carboxylic acids is 1. The topological polar surface area (TPSA) is 44.8 Å². The summed E-state index contributed by atoms with van der Waals surface area (Å²) in [6.07, 6.45) is 0.250. The molecule has 0 aliphatic heterocycles. The van der Waals surface area contributed by atoms with E-state index in [1.165, 1.54) is 0 Å². The van der Waals surface area contributed by atoms with Crippen LogP contribution in [0.1, 0.15) is 20.3 Å². The first-order valence-electron chi connectivity index (χ1n) is 2.86. The Hall–Kier alpha value is -1.03. The third kappa shape index (κ3) is 5.11. The van der Waals surface area contributed by atoms with Crippen LogP contribution in [-0.2, 0) is 19.6 Å². The van der Waals surface area contributed by atoms with E-state index in [0.717, 1.165) is 0 Å². The summed E-state index contributed by atoms with van der Waals surface area (Å²) in [4.78, 5) is 18.7. The second-order valence-electron chi connectivity index (χ2n) is 1.66. The standard InChI is InChI=1S/C6H10O4/c1-4-6(7)9-10-8-5(2)3/h2,4H2,1,3H3. The van der Waals surface area contributed by atoms with Gasteiger partial charge in [-0.25, -0.2) is 4.79 Å². The van der Waals surface area contributed by atoms with Gasteiger partial charge in [0.05, 0.1) is 0 Å². The highest BCUT2D eigenvalue weighted by Gasteiger charge is 1.98. The van der Waals surface area contributed by atoms with Crippen LogP contribution in [0, 0.1) is 0 Å². The predicted molar refractivity (Wildman–Crippen MR) is 33.4 cm³/mol. The zero-order chi connectivity index (χ0) is 7.98. The normalized spacial score (nSPS) is 8.60. The molecule has 0 aliphatic carbocycles. The zero-order valence-corrected chi connectivity index (χ0v) is 6.05. The summed E-state index contributed by atoms with van der Waals surface area (Å²) in [6, 6.07) is 0. The molecule has 0 atom stereocenters. The molecule has 0 radical (unpaired) electrons. The lowest BCUT2D eigenvalue weighted by Gasteiger charge is -1.99. The van der Waals surface area contributed by atoms with E-state index < -0.39 is 5.97 Å². The van der Waals surface area contributed by atoms with E-state index >= 15 is 0 Å². The maximum atomic E-state index is 10.3. The molecule has 0 aromatic heterocycles. The summed E-state index contributed by atoms with van der Waals surface area (Å²) in [6.45, 7) is 6.55. The van der Waals surface area contributed by atoms with Crippen LogP contribution in [0.4, 0.5) is 0 Å². The van der Waals surface area contributed by atoms with Crippen LogP contribution in [-0.4, -0.2) is 5.97 Å². The number of hydrogen-bond donors (Lipinski definition) is 0. The summed E-state index contributed by atoms with van der Waals surface area (Å²) in [5.74, 6) is -0.162. The van der Waals surface area contributed by atoms with Gasteiger partial charge in [-0.3, -0.25) is 4.89 Å². The molecule has 0 rings (SSSR count). The quantitative estimate of drug-likeness (QED) is 0.341. The van der Waals surface area contributed by atoms with Gasteiger partial charge in [0, 0.05) is 11.5 Å². The molecular formula is C6H10O4. The van der Waals surface area contributed by atoms with Gasteiger partial charge in [0.15, 0.2) is 0 Å². The average molecular weight is 146 g/mol. The smallest absolute Gasteiger partial charge is 0.305 e. The molecule has 4 nitrogen and oxygen atoms in total. The molecular weight excluding hydrogens is 136 g/mol. The highest BCUT2D eigenvalue weighted by Crippen LogP contribution is 1.93. The number of allylic oxidation sites excluding steroid dienone is 1. The Balaban J connectivity index is 3.20. The lowest BCUT2D eigenvalue weighted by atomic mass is 10.5. The molecule has 0 aromatic carbocycles. The summed E-state index contributed by atoms with van der Waals surface area (Å²) in [5, 5.41) is 4.00. The average Bonchev–Trinajstić information content (AvgIpc) is 1.87. The van der Waals surface area contributed by atoms with E-state index in [4.69, 9.17) is 0 Å². The zero-order valence-electron chi connectivity index (χ0n) is 6.05. The fourth-order valence-electron chi connectivity index (χ4n) is 0.172. The number of rotatable bonds is 4. The summed E-state index contributed by atoms with van der Waals surface area (Å²) < 4.78 is 0. The molecule has 0 saturated heterocycles. The van der Waals surface area contributed by atoms with Crippen molar-refractivity contribution >= 4 is 5.97 Å². The second kappa shape index (κ2) is 4.81. The van der Waals surface area contributed by atoms with Crippen LogP contribution in [0.25, 0.3) is 0 Å². The third-order valence-electron chi connectivity index (χ3n) is 0.592. The SMILES string of the molecule is C=C(C)OOOC(=O)CC. The summed E-state index contributed by atoms with van der Waals surface area (Å²) in [5.41, 5.74) is 0. The Morgan fingerprint density at radius 1 is 1.50 bits per heavy atom. The van der Waals surface area contributed by atoms with Crippen molar-refractivity contribution in [3.05, 3.63) is 12.3 Å². The fourth-order valence-corrected chi connectivity index (χ4v) is 0.172. The van der Waals surface area contributed by atoms with Gasteiger partial charge < -0.3 is 4.89 Å².